The number of nitrogens with zero attached hydrogens (tertiary/aromatic N) is 3. The van der Waals surface area contributed by atoms with Gasteiger partial charge < -0.3 is 5.32 Å². The summed E-state index contributed by atoms with van der Waals surface area (Å²) in [6.45, 7) is 7.36. The monoisotopic (exact) mass is 232 g/mol. The van der Waals surface area contributed by atoms with Gasteiger partial charge in [-0.3, -0.25) is 0 Å². The van der Waals surface area contributed by atoms with Crippen molar-refractivity contribution in [1.82, 2.24) is 4.98 Å². The number of anilines is 1. The molecule has 0 fully saturated rings. The molecule has 1 aliphatic heterocycles. The summed E-state index contributed by atoms with van der Waals surface area (Å²) in [6, 6.07) is 2.02. The number of nitrogens with one attached hydrogen (secondary N) is 1. The van der Waals surface area contributed by atoms with Crippen LogP contribution in [0.3, 0.4) is 0 Å². The van der Waals surface area contributed by atoms with Crippen LogP contribution in [0.5, 0.6) is 0 Å². The van der Waals surface area contributed by atoms with Crippen LogP contribution in [-0.4, -0.2) is 11.5 Å². The third-order valence-electron chi connectivity index (χ3n) is 3.03. The van der Waals surface area contributed by atoms with Crippen molar-refractivity contribution < 1.29 is 0 Å². The Kier molecular flexibility index (Phi) is 3.41. The first-order valence-corrected chi connectivity index (χ1v) is 6.31. The summed E-state index contributed by atoms with van der Waals surface area (Å²) < 4.78 is 0. The first-order valence-electron chi connectivity index (χ1n) is 6.31. The Hall–Kier alpha value is -1.45. The van der Waals surface area contributed by atoms with Gasteiger partial charge in [0.2, 0.25) is 0 Å². The average Bonchev–Trinajstić information content (AvgIpc) is 2.62. The van der Waals surface area contributed by atoms with Crippen LogP contribution < -0.4 is 5.32 Å². The van der Waals surface area contributed by atoms with E-state index >= 15 is 0 Å². The number of rotatable bonds is 5. The highest BCUT2D eigenvalue weighted by molar-refractivity contribution is 5.63. The second-order valence-corrected chi connectivity index (χ2v) is 4.95. The summed E-state index contributed by atoms with van der Waals surface area (Å²) in [6.07, 6.45) is 5.49. The predicted octanol–water partition coefficient (Wildman–Crippen LogP) is 4.02. The highest BCUT2D eigenvalue weighted by Crippen LogP contribution is 2.42. The Balaban J connectivity index is 2.12. The molecule has 0 aromatic carbocycles. The van der Waals surface area contributed by atoms with E-state index in [2.05, 4.69) is 41.3 Å². The van der Waals surface area contributed by atoms with E-state index < -0.39 is 0 Å². The van der Waals surface area contributed by atoms with E-state index in [1.807, 2.05) is 6.07 Å². The van der Waals surface area contributed by atoms with Crippen molar-refractivity contribution in [3.8, 4) is 0 Å². The number of hydrogen-bond donors (Lipinski definition) is 1. The van der Waals surface area contributed by atoms with E-state index in [1.54, 1.807) is 6.20 Å². The molecule has 92 valence electrons. The molecule has 0 unspecified atom stereocenters. The molecule has 1 N–H and O–H groups in total. The minimum atomic E-state index is -0.253. The van der Waals surface area contributed by atoms with Crippen molar-refractivity contribution in [2.24, 2.45) is 10.2 Å². The van der Waals surface area contributed by atoms with Crippen LogP contribution in [0.25, 0.3) is 0 Å². The Morgan fingerprint density at radius 1 is 1.29 bits per heavy atom. The predicted molar refractivity (Wildman–Crippen MR) is 69.8 cm³/mol. The van der Waals surface area contributed by atoms with Gasteiger partial charge in [0, 0.05) is 18.4 Å². The summed E-state index contributed by atoms with van der Waals surface area (Å²) in [7, 11) is 0. The molecule has 4 heteroatoms. The van der Waals surface area contributed by atoms with Crippen LogP contribution in [0, 0.1) is 0 Å². The lowest BCUT2D eigenvalue weighted by Crippen LogP contribution is -2.14. The molecule has 0 aliphatic carbocycles. The maximum Gasteiger partial charge on any atom is 0.181 e. The molecular weight excluding hydrogens is 212 g/mol. The van der Waals surface area contributed by atoms with Crippen molar-refractivity contribution in [1.29, 1.82) is 0 Å². The van der Waals surface area contributed by atoms with Gasteiger partial charge in [-0.25, -0.2) is 4.98 Å². The zero-order chi connectivity index (χ0) is 12.3. The van der Waals surface area contributed by atoms with Crippen LogP contribution in [0.15, 0.2) is 22.5 Å². The summed E-state index contributed by atoms with van der Waals surface area (Å²) in [5.74, 6) is 0.760. The van der Waals surface area contributed by atoms with E-state index in [9.17, 15) is 0 Å². The van der Waals surface area contributed by atoms with Gasteiger partial charge in [-0.2, -0.15) is 5.11 Å². The maximum atomic E-state index is 4.26. The topological polar surface area (TPSA) is 49.6 Å². The maximum absolute atomic E-state index is 4.26. The van der Waals surface area contributed by atoms with Gasteiger partial charge >= 0.3 is 0 Å². The molecule has 0 atom stereocenters. The lowest BCUT2D eigenvalue weighted by molar-refractivity contribution is 0.556. The third-order valence-corrected chi connectivity index (χ3v) is 3.03. The van der Waals surface area contributed by atoms with Crippen LogP contribution in [0.4, 0.5) is 11.5 Å². The van der Waals surface area contributed by atoms with Gasteiger partial charge in [-0.05, 0) is 26.3 Å². The third kappa shape index (κ3) is 2.46. The first kappa shape index (κ1) is 12.0. The van der Waals surface area contributed by atoms with Crippen LogP contribution in [0.1, 0.15) is 45.6 Å². The van der Waals surface area contributed by atoms with E-state index in [0.29, 0.717) is 0 Å². The van der Waals surface area contributed by atoms with E-state index in [4.69, 9.17) is 0 Å². The van der Waals surface area contributed by atoms with Crippen molar-refractivity contribution in [3.05, 3.63) is 17.8 Å². The normalized spacial score (nSPS) is 15.9. The molecule has 0 saturated carbocycles. The molecule has 2 heterocycles. The standard InChI is InChI=1S/C13H20N4/c1-4-5-6-8-14-10-7-9-15-12-11(10)13(2,3)17-16-12/h7,9H,4-6,8H2,1-3H3,(H,14,15). The van der Waals surface area contributed by atoms with E-state index in [-0.39, 0.29) is 5.54 Å². The minimum absolute atomic E-state index is 0.253. The minimum Gasteiger partial charge on any atom is -0.385 e. The number of unbranched alkanes of at least 4 members (excludes halogenated alkanes) is 2. The largest absolute Gasteiger partial charge is 0.385 e. The molecule has 0 saturated heterocycles. The number of hydrogen-bond acceptors (Lipinski definition) is 4. The summed E-state index contributed by atoms with van der Waals surface area (Å²) >= 11 is 0. The van der Waals surface area contributed by atoms with Crippen molar-refractivity contribution in [2.45, 2.75) is 45.6 Å². The highest BCUT2D eigenvalue weighted by atomic mass is 15.2. The molecule has 17 heavy (non-hydrogen) atoms. The SMILES string of the molecule is CCCCCNc1ccnc2c1C(C)(C)N=N2. The van der Waals surface area contributed by atoms with Crippen molar-refractivity contribution in [3.63, 3.8) is 0 Å². The Morgan fingerprint density at radius 2 is 2.12 bits per heavy atom. The fourth-order valence-electron chi connectivity index (χ4n) is 2.10. The van der Waals surface area contributed by atoms with Gasteiger partial charge in [0.15, 0.2) is 5.82 Å². The Labute approximate surface area is 103 Å². The molecular formula is C13H20N4. The lowest BCUT2D eigenvalue weighted by Gasteiger charge is -2.18. The molecule has 2 rings (SSSR count). The summed E-state index contributed by atoms with van der Waals surface area (Å²) in [4.78, 5) is 4.26. The molecule has 1 aromatic heterocycles. The molecule has 0 bridgehead atoms. The number of azo groups is 1. The first-order chi connectivity index (χ1) is 8.15. The van der Waals surface area contributed by atoms with Gasteiger partial charge in [0.05, 0.1) is 5.56 Å². The van der Waals surface area contributed by atoms with E-state index in [0.717, 1.165) is 23.6 Å². The zero-order valence-corrected chi connectivity index (χ0v) is 10.8. The fourth-order valence-corrected chi connectivity index (χ4v) is 2.10. The van der Waals surface area contributed by atoms with Gasteiger partial charge in [0.1, 0.15) is 5.54 Å². The number of fused-ring (bicyclic) bond motifs is 1. The van der Waals surface area contributed by atoms with Crippen LogP contribution in [0.2, 0.25) is 0 Å². The molecule has 1 aliphatic rings. The van der Waals surface area contributed by atoms with Crippen molar-refractivity contribution in [2.75, 3.05) is 11.9 Å². The Bertz CT molecular complexity index is 423. The zero-order valence-electron chi connectivity index (χ0n) is 10.8. The lowest BCUT2D eigenvalue weighted by atomic mass is 9.95. The average molecular weight is 232 g/mol. The Morgan fingerprint density at radius 3 is 2.88 bits per heavy atom. The molecule has 0 spiro atoms. The fraction of sp³-hybridized carbons (Fsp3) is 0.615. The molecule has 0 radical (unpaired) electrons. The van der Waals surface area contributed by atoms with Crippen LogP contribution in [-0.2, 0) is 5.54 Å². The molecule has 4 nitrogen and oxygen atoms in total. The molecule has 1 aromatic rings. The molecule has 0 amide bonds. The van der Waals surface area contributed by atoms with Gasteiger partial charge in [-0.15, -0.1) is 5.11 Å². The summed E-state index contributed by atoms with van der Waals surface area (Å²) in [5.41, 5.74) is 1.99. The van der Waals surface area contributed by atoms with Crippen molar-refractivity contribution >= 4 is 11.5 Å². The highest BCUT2D eigenvalue weighted by Gasteiger charge is 2.32. The van der Waals surface area contributed by atoms with Gasteiger partial charge in [0.25, 0.3) is 0 Å². The second-order valence-electron chi connectivity index (χ2n) is 4.95. The quantitative estimate of drug-likeness (QED) is 0.779. The van der Waals surface area contributed by atoms with Crippen LogP contribution >= 0.6 is 0 Å². The number of aromatic nitrogens is 1. The second kappa shape index (κ2) is 4.82. The van der Waals surface area contributed by atoms with Gasteiger partial charge in [-0.1, -0.05) is 19.8 Å². The number of pyridine rings is 1. The van der Waals surface area contributed by atoms with E-state index in [1.165, 1.54) is 19.3 Å². The summed E-state index contributed by atoms with van der Waals surface area (Å²) in [5, 5.41) is 11.9. The smallest absolute Gasteiger partial charge is 0.181 e.